The van der Waals surface area contributed by atoms with Crippen molar-refractivity contribution in [3.05, 3.63) is 71.3 Å². The van der Waals surface area contributed by atoms with Gasteiger partial charge in [-0.2, -0.15) is 13.2 Å². The minimum atomic E-state index is -4.16. The first-order valence-corrected chi connectivity index (χ1v) is 6.77. The highest BCUT2D eigenvalue weighted by Gasteiger charge is 2.47. The van der Waals surface area contributed by atoms with Gasteiger partial charge in [0, 0.05) is 5.92 Å². The third-order valence-electron chi connectivity index (χ3n) is 4.10. The van der Waals surface area contributed by atoms with E-state index in [9.17, 15) is 13.2 Å². The van der Waals surface area contributed by atoms with Crippen molar-refractivity contribution in [2.45, 2.75) is 24.9 Å². The fourth-order valence-electron chi connectivity index (χ4n) is 3.18. The molecule has 3 heteroatoms. The zero-order valence-electron chi connectivity index (χ0n) is 10.9. The number of aryl methyl sites for hydroxylation is 1. The van der Waals surface area contributed by atoms with Crippen LogP contribution in [0.5, 0.6) is 0 Å². The van der Waals surface area contributed by atoms with Gasteiger partial charge in [0.05, 0.1) is 5.92 Å². The number of alkyl halides is 3. The number of halogens is 3. The normalized spacial score (nSPS) is 22.4. The third-order valence-corrected chi connectivity index (χ3v) is 4.10. The number of fused-ring (bicyclic) bond motifs is 1. The van der Waals surface area contributed by atoms with E-state index in [4.69, 9.17) is 0 Å². The summed E-state index contributed by atoms with van der Waals surface area (Å²) < 4.78 is 40.1. The average Bonchev–Trinajstić information content (AvgIpc) is 2.46. The van der Waals surface area contributed by atoms with Crippen molar-refractivity contribution in [3.8, 4) is 0 Å². The fourth-order valence-corrected chi connectivity index (χ4v) is 3.18. The molecule has 3 rings (SSSR count). The molecule has 0 amide bonds. The average molecular weight is 276 g/mol. The second-order valence-corrected chi connectivity index (χ2v) is 5.27. The fraction of sp³-hybridized carbons (Fsp3) is 0.294. The van der Waals surface area contributed by atoms with Crippen LogP contribution in [0.15, 0.2) is 54.6 Å². The maximum atomic E-state index is 13.4. The van der Waals surface area contributed by atoms with Gasteiger partial charge in [-0.15, -0.1) is 0 Å². The highest BCUT2D eigenvalue weighted by molar-refractivity contribution is 5.41. The van der Waals surface area contributed by atoms with Gasteiger partial charge in [-0.1, -0.05) is 54.6 Å². The lowest BCUT2D eigenvalue weighted by molar-refractivity contribution is -0.181. The van der Waals surface area contributed by atoms with Crippen molar-refractivity contribution in [2.24, 2.45) is 5.92 Å². The van der Waals surface area contributed by atoms with E-state index in [1.54, 1.807) is 24.3 Å². The molecule has 0 nitrogen and oxygen atoms in total. The molecule has 0 saturated heterocycles. The monoisotopic (exact) mass is 276 g/mol. The highest BCUT2D eigenvalue weighted by Crippen LogP contribution is 2.47. The molecule has 0 saturated carbocycles. The van der Waals surface area contributed by atoms with Crippen LogP contribution in [-0.2, 0) is 6.42 Å². The molecule has 0 heterocycles. The first-order valence-electron chi connectivity index (χ1n) is 6.77. The summed E-state index contributed by atoms with van der Waals surface area (Å²) in [5, 5.41) is 0. The van der Waals surface area contributed by atoms with Gasteiger partial charge in [0.2, 0.25) is 0 Å². The topological polar surface area (TPSA) is 0 Å². The Hall–Kier alpha value is -1.77. The standard InChI is InChI=1S/C17H15F3/c18-17(19,20)15-11-10-12-6-4-5-9-14(12)16(15)13-7-2-1-3-8-13/h1-9,15-16H,10-11H2/t15-,16-/m1/s1. The smallest absolute Gasteiger partial charge is 0.171 e. The Morgan fingerprint density at radius 3 is 2.20 bits per heavy atom. The molecule has 0 bridgehead atoms. The van der Waals surface area contributed by atoms with Gasteiger partial charge in [-0.3, -0.25) is 0 Å². The largest absolute Gasteiger partial charge is 0.392 e. The molecule has 0 fully saturated rings. The number of hydrogen-bond donors (Lipinski definition) is 0. The van der Waals surface area contributed by atoms with Crippen molar-refractivity contribution in [3.63, 3.8) is 0 Å². The molecule has 2 atom stereocenters. The number of rotatable bonds is 1. The van der Waals surface area contributed by atoms with Crippen LogP contribution < -0.4 is 0 Å². The molecular formula is C17H15F3. The van der Waals surface area contributed by atoms with E-state index < -0.39 is 18.0 Å². The SMILES string of the molecule is FC(F)(F)[C@@H]1CCc2ccccc2[C@H]1c1ccccc1. The summed E-state index contributed by atoms with van der Waals surface area (Å²) >= 11 is 0. The van der Waals surface area contributed by atoms with Gasteiger partial charge < -0.3 is 0 Å². The van der Waals surface area contributed by atoms with Crippen LogP contribution in [0.25, 0.3) is 0 Å². The van der Waals surface area contributed by atoms with Crippen molar-refractivity contribution >= 4 is 0 Å². The van der Waals surface area contributed by atoms with Gasteiger partial charge in [0.1, 0.15) is 0 Å². The molecule has 1 aliphatic carbocycles. The van der Waals surface area contributed by atoms with Gasteiger partial charge in [0.15, 0.2) is 0 Å². The summed E-state index contributed by atoms with van der Waals surface area (Å²) in [7, 11) is 0. The van der Waals surface area contributed by atoms with Gasteiger partial charge in [-0.25, -0.2) is 0 Å². The van der Waals surface area contributed by atoms with Crippen LogP contribution in [0.4, 0.5) is 13.2 Å². The predicted molar refractivity (Wildman–Crippen MR) is 72.6 cm³/mol. The maximum absolute atomic E-state index is 13.4. The maximum Gasteiger partial charge on any atom is 0.392 e. The summed E-state index contributed by atoms with van der Waals surface area (Å²) in [4.78, 5) is 0. The Morgan fingerprint density at radius 2 is 1.50 bits per heavy atom. The Kier molecular flexibility index (Phi) is 3.28. The van der Waals surface area contributed by atoms with Crippen LogP contribution in [0, 0.1) is 5.92 Å². The van der Waals surface area contributed by atoms with Gasteiger partial charge >= 0.3 is 6.18 Å². The molecular weight excluding hydrogens is 261 g/mol. The lowest BCUT2D eigenvalue weighted by Crippen LogP contribution is -2.33. The minimum absolute atomic E-state index is 0.167. The Morgan fingerprint density at radius 1 is 0.850 bits per heavy atom. The zero-order chi connectivity index (χ0) is 14.2. The van der Waals surface area contributed by atoms with Gasteiger partial charge in [-0.05, 0) is 29.5 Å². The van der Waals surface area contributed by atoms with E-state index >= 15 is 0 Å². The van der Waals surface area contributed by atoms with E-state index in [0.29, 0.717) is 6.42 Å². The van der Waals surface area contributed by atoms with E-state index in [1.807, 2.05) is 30.3 Å². The van der Waals surface area contributed by atoms with Crippen LogP contribution in [-0.4, -0.2) is 6.18 Å². The van der Waals surface area contributed by atoms with E-state index in [1.165, 1.54) is 0 Å². The van der Waals surface area contributed by atoms with E-state index in [2.05, 4.69) is 0 Å². The summed E-state index contributed by atoms with van der Waals surface area (Å²) in [6.07, 6.45) is -3.49. The van der Waals surface area contributed by atoms with Crippen molar-refractivity contribution in [1.29, 1.82) is 0 Å². The van der Waals surface area contributed by atoms with Gasteiger partial charge in [0.25, 0.3) is 0 Å². The summed E-state index contributed by atoms with van der Waals surface area (Å²) in [6, 6.07) is 16.5. The molecule has 2 aromatic carbocycles. The zero-order valence-corrected chi connectivity index (χ0v) is 10.9. The molecule has 0 spiro atoms. The molecule has 0 N–H and O–H groups in total. The van der Waals surface area contributed by atoms with E-state index in [0.717, 1.165) is 16.7 Å². The molecule has 0 radical (unpaired) electrons. The van der Waals surface area contributed by atoms with Crippen LogP contribution in [0.2, 0.25) is 0 Å². The highest BCUT2D eigenvalue weighted by atomic mass is 19.4. The van der Waals surface area contributed by atoms with Crippen molar-refractivity contribution < 1.29 is 13.2 Å². The van der Waals surface area contributed by atoms with Crippen LogP contribution in [0.1, 0.15) is 29.0 Å². The molecule has 104 valence electrons. The first kappa shape index (κ1) is 13.2. The second-order valence-electron chi connectivity index (χ2n) is 5.27. The molecule has 0 unspecified atom stereocenters. The Bertz CT molecular complexity index is 587. The second kappa shape index (κ2) is 4.97. The van der Waals surface area contributed by atoms with Crippen molar-refractivity contribution in [1.82, 2.24) is 0 Å². The summed E-state index contributed by atoms with van der Waals surface area (Å²) in [5.41, 5.74) is 2.62. The molecule has 0 aromatic heterocycles. The summed E-state index contributed by atoms with van der Waals surface area (Å²) in [5.74, 6) is -1.87. The molecule has 2 aromatic rings. The molecule has 20 heavy (non-hydrogen) atoms. The third kappa shape index (κ3) is 2.33. The van der Waals surface area contributed by atoms with Crippen LogP contribution in [0.3, 0.4) is 0 Å². The number of benzene rings is 2. The van der Waals surface area contributed by atoms with Crippen molar-refractivity contribution in [2.75, 3.05) is 0 Å². The Balaban J connectivity index is 2.13. The minimum Gasteiger partial charge on any atom is -0.171 e. The Labute approximate surface area is 116 Å². The quantitative estimate of drug-likeness (QED) is 0.691. The molecule has 0 aliphatic heterocycles. The predicted octanol–water partition coefficient (Wildman–Crippen LogP) is 4.94. The lowest BCUT2D eigenvalue weighted by Gasteiger charge is -2.35. The van der Waals surface area contributed by atoms with E-state index in [-0.39, 0.29) is 6.42 Å². The lowest BCUT2D eigenvalue weighted by atomic mass is 9.71. The van der Waals surface area contributed by atoms with Crippen LogP contribution >= 0.6 is 0 Å². The summed E-state index contributed by atoms with van der Waals surface area (Å²) in [6.45, 7) is 0. The number of hydrogen-bond acceptors (Lipinski definition) is 0. The molecule has 1 aliphatic rings. The first-order chi connectivity index (χ1) is 9.57.